The number of phenolic OH excluding ortho intramolecular Hbond substituents is 1. The van der Waals surface area contributed by atoms with Gasteiger partial charge in [0.2, 0.25) is 5.78 Å². The number of carbonyl (C=O) groups is 2. The SMILES string of the molecule is C=C(CO)[C@@H]1CC[C@H](C(=O)O)[C@@]12Oc1ccc(O)cc1C2=O. The van der Waals surface area contributed by atoms with Crippen LogP contribution in [0, 0.1) is 11.8 Å². The minimum absolute atomic E-state index is 0.0878. The Morgan fingerprint density at radius 2 is 2.05 bits per heavy atom. The van der Waals surface area contributed by atoms with Crippen LogP contribution in [0.25, 0.3) is 0 Å². The van der Waals surface area contributed by atoms with Crippen molar-refractivity contribution >= 4 is 11.8 Å². The minimum Gasteiger partial charge on any atom is -0.508 e. The summed E-state index contributed by atoms with van der Waals surface area (Å²) >= 11 is 0. The number of aliphatic carboxylic acids is 1. The van der Waals surface area contributed by atoms with E-state index in [1.807, 2.05) is 0 Å². The number of rotatable bonds is 3. The van der Waals surface area contributed by atoms with E-state index in [-0.39, 0.29) is 30.1 Å². The van der Waals surface area contributed by atoms with Gasteiger partial charge < -0.3 is 20.1 Å². The lowest BCUT2D eigenvalue weighted by molar-refractivity contribution is -0.146. The molecule has 116 valence electrons. The van der Waals surface area contributed by atoms with Crippen LogP contribution >= 0.6 is 0 Å². The lowest BCUT2D eigenvalue weighted by atomic mass is 9.76. The zero-order valence-corrected chi connectivity index (χ0v) is 11.8. The highest BCUT2D eigenvalue weighted by Gasteiger charge is 2.64. The Morgan fingerprint density at radius 3 is 2.68 bits per heavy atom. The van der Waals surface area contributed by atoms with Crippen LogP contribution < -0.4 is 4.74 Å². The van der Waals surface area contributed by atoms with Gasteiger partial charge in [-0.2, -0.15) is 0 Å². The van der Waals surface area contributed by atoms with Crippen molar-refractivity contribution in [1.82, 2.24) is 0 Å². The molecule has 3 N–H and O–H groups in total. The Hall–Kier alpha value is -2.34. The van der Waals surface area contributed by atoms with Crippen molar-refractivity contribution in [3.05, 3.63) is 35.9 Å². The maximum absolute atomic E-state index is 12.9. The number of aliphatic hydroxyl groups is 1. The molecule has 1 heterocycles. The number of carbonyl (C=O) groups excluding carboxylic acids is 1. The normalized spacial score (nSPS) is 29.4. The first-order valence-electron chi connectivity index (χ1n) is 7.00. The Kier molecular flexibility index (Phi) is 3.21. The molecule has 1 aliphatic heterocycles. The lowest BCUT2D eigenvalue weighted by Crippen LogP contribution is -2.52. The summed E-state index contributed by atoms with van der Waals surface area (Å²) in [6, 6.07) is 4.11. The molecule has 1 aliphatic carbocycles. The van der Waals surface area contributed by atoms with Crippen LogP contribution in [0.3, 0.4) is 0 Å². The van der Waals surface area contributed by atoms with Crippen LogP contribution in [0.5, 0.6) is 11.5 Å². The van der Waals surface area contributed by atoms with E-state index in [0.717, 1.165) is 0 Å². The van der Waals surface area contributed by atoms with Crippen LogP contribution in [0.2, 0.25) is 0 Å². The quantitative estimate of drug-likeness (QED) is 0.729. The molecule has 0 unspecified atom stereocenters. The average molecular weight is 304 g/mol. The summed E-state index contributed by atoms with van der Waals surface area (Å²) in [5, 5.41) is 28.4. The molecular formula is C16H16O6. The molecule has 1 spiro atoms. The predicted octanol–water partition coefficient (Wildman–Crippen LogP) is 1.37. The van der Waals surface area contributed by atoms with Crippen LogP contribution in [0.15, 0.2) is 30.4 Å². The van der Waals surface area contributed by atoms with E-state index in [2.05, 4.69) is 6.58 Å². The van der Waals surface area contributed by atoms with Crippen LogP contribution in [-0.2, 0) is 4.79 Å². The number of ether oxygens (including phenoxy) is 1. The number of aromatic hydroxyl groups is 1. The second-order valence-corrected chi connectivity index (χ2v) is 5.74. The second-order valence-electron chi connectivity index (χ2n) is 5.74. The molecule has 2 aliphatic rings. The third-order valence-electron chi connectivity index (χ3n) is 4.61. The third-order valence-corrected chi connectivity index (χ3v) is 4.61. The standard InChI is InChI=1S/C16H16O6/c1-8(7-17)11-3-4-12(15(20)21)16(11)14(19)10-6-9(18)2-5-13(10)22-16/h2,5-6,11-12,17-18H,1,3-4,7H2,(H,20,21)/t11-,12+,16-/m0/s1. The van der Waals surface area contributed by atoms with E-state index in [0.29, 0.717) is 12.0 Å². The summed E-state index contributed by atoms with van der Waals surface area (Å²) in [6.45, 7) is 3.42. The Labute approximate surface area is 126 Å². The third kappa shape index (κ3) is 1.77. The number of benzene rings is 1. The monoisotopic (exact) mass is 304 g/mol. The van der Waals surface area contributed by atoms with E-state index < -0.39 is 29.2 Å². The van der Waals surface area contributed by atoms with E-state index in [9.17, 15) is 24.9 Å². The lowest BCUT2D eigenvalue weighted by Gasteiger charge is -2.33. The Bertz CT molecular complexity index is 679. The molecule has 1 fully saturated rings. The van der Waals surface area contributed by atoms with Gasteiger partial charge in [-0.3, -0.25) is 9.59 Å². The number of phenols is 1. The summed E-state index contributed by atoms with van der Waals surface area (Å²) < 4.78 is 5.82. The van der Waals surface area contributed by atoms with E-state index >= 15 is 0 Å². The van der Waals surface area contributed by atoms with Gasteiger partial charge in [0.25, 0.3) is 0 Å². The number of aliphatic hydroxyl groups excluding tert-OH is 1. The van der Waals surface area contributed by atoms with Crippen molar-refractivity contribution in [3.63, 3.8) is 0 Å². The smallest absolute Gasteiger partial charge is 0.311 e. The average Bonchev–Trinajstić information content (AvgIpc) is 2.99. The zero-order chi connectivity index (χ0) is 16.1. The summed E-state index contributed by atoms with van der Waals surface area (Å²) in [4.78, 5) is 24.5. The summed E-state index contributed by atoms with van der Waals surface area (Å²) in [6.07, 6.45) is 0.673. The largest absolute Gasteiger partial charge is 0.508 e. The molecule has 22 heavy (non-hydrogen) atoms. The van der Waals surface area contributed by atoms with Gasteiger partial charge in [0.05, 0.1) is 12.2 Å². The highest BCUT2D eigenvalue weighted by Crippen LogP contribution is 2.53. The van der Waals surface area contributed by atoms with E-state index in [1.165, 1.54) is 18.2 Å². The number of ketones is 1. The molecule has 0 amide bonds. The van der Waals surface area contributed by atoms with Crippen LogP contribution in [-0.4, -0.2) is 39.3 Å². The number of fused-ring (bicyclic) bond motifs is 1. The van der Waals surface area contributed by atoms with E-state index in [4.69, 9.17) is 4.74 Å². The van der Waals surface area contributed by atoms with Gasteiger partial charge in [-0.25, -0.2) is 0 Å². The van der Waals surface area contributed by atoms with Crippen LogP contribution in [0.1, 0.15) is 23.2 Å². The second kappa shape index (κ2) is 4.84. The number of hydrogen-bond acceptors (Lipinski definition) is 5. The maximum atomic E-state index is 12.9. The zero-order valence-electron chi connectivity index (χ0n) is 11.8. The molecule has 3 rings (SSSR count). The fraction of sp³-hybridized carbons (Fsp3) is 0.375. The molecule has 3 atom stereocenters. The van der Waals surface area contributed by atoms with Crippen molar-refractivity contribution in [2.45, 2.75) is 18.4 Å². The molecule has 0 radical (unpaired) electrons. The molecule has 1 saturated carbocycles. The van der Waals surface area contributed by atoms with Crippen molar-refractivity contribution in [3.8, 4) is 11.5 Å². The molecule has 6 heteroatoms. The molecule has 0 saturated heterocycles. The molecule has 1 aromatic carbocycles. The molecule has 6 nitrogen and oxygen atoms in total. The topological polar surface area (TPSA) is 104 Å². The Morgan fingerprint density at radius 1 is 1.36 bits per heavy atom. The first kappa shape index (κ1) is 14.6. The Balaban J connectivity index is 2.14. The maximum Gasteiger partial charge on any atom is 0.311 e. The summed E-state index contributed by atoms with van der Waals surface area (Å²) in [5.41, 5.74) is -1.03. The van der Waals surface area contributed by atoms with Gasteiger partial charge in [0, 0.05) is 5.92 Å². The highest BCUT2D eigenvalue weighted by atomic mass is 16.5. The van der Waals surface area contributed by atoms with Crippen molar-refractivity contribution < 1.29 is 29.6 Å². The predicted molar refractivity (Wildman–Crippen MR) is 75.9 cm³/mol. The fourth-order valence-electron chi connectivity index (χ4n) is 3.61. The van der Waals surface area contributed by atoms with Gasteiger partial charge in [-0.05, 0) is 36.6 Å². The minimum atomic E-state index is -1.58. The van der Waals surface area contributed by atoms with Gasteiger partial charge in [0.15, 0.2) is 5.60 Å². The van der Waals surface area contributed by atoms with Gasteiger partial charge in [0.1, 0.15) is 17.4 Å². The van der Waals surface area contributed by atoms with Gasteiger partial charge in [-0.15, -0.1) is 0 Å². The van der Waals surface area contributed by atoms with Crippen molar-refractivity contribution in [2.75, 3.05) is 6.61 Å². The molecule has 0 aromatic heterocycles. The molecule has 0 bridgehead atoms. The summed E-state index contributed by atoms with van der Waals surface area (Å²) in [5.74, 6) is -2.99. The first-order valence-corrected chi connectivity index (χ1v) is 7.00. The molecule has 1 aromatic rings. The van der Waals surface area contributed by atoms with Crippen molar-refractivity contribution in [1.29, 1.82) is 0 Å². The fourth-order valence-corrected chi connectivity index (χ4v) is 3.61. The highest BCUT2D eigenvalue weighted by molar-refractivity contribution is 6.10. The van der Waals surface area contributed by atoms with Crippen molar-refractivity contribution in [2.24, 2.45) is 11.8 Å². The van der Waals surface area contributed by atoms with Crippen LogP contribution in [0.4, 0.5) is 0 Å². The number of Topliss-reactive ketones (excluding diaryl/α,β-unsaturated/α-hetero) is 1. The number of hydrogen-bond donors (Lipinski definition) is 3. The van der Waals surface area contributed by atoms with Gasteiger partial charge >= 0.3 is 5.97 Å². The molecular weight excluding hydrogens is 288 g/mol. The van der Waals surface area contributed by atoms with E-state index in [1.54, 1.807) is 0 Å². The number of carboxylic acids is 1. The first-order chi connectivity index (χ1) is 10.4. The number of carboxylic acid groups (broad SMARTS) is 1. The van der Waals surface area contributed by atoms with Gasteiger partial charge in [-0.1, -0.05) is 6.58 Å². The summed E-state index contributed by atoms with van der Waals surface area (Å²) in [7, 11) is 0.